The first-order chi connectivity index (χ1) is 37.4. The van der Waals surface area contributed by atoms with Gasteiger partial charge in [0, 0.05) is 12.8 Å². The van der Waals surface area contributed by atoms with E-state index in [1.807, 2.05) is 33.3 Å². The number of esters is 1. The van der Waals surface area contributed by atoms with Crippen LogP contribution in [-0.2, 0) is 27.9 Å². The third kappa shape index (κ3) is 56.9. The molecule has 1 amide bonds. The molecule has 10 heteroatoms. The van der Waals surface area contributed by atoms with Gasteiger partial charge in [0.2, 0.25) is 5.91 Å². The minimum absolute atomic E-state index is 0.0413. The predicted octanol–water partition coefficient (Wildman–Crippen LogP) is 18.5. The van der Waals surface area contributed by atoms with E-state index in [4.69, 9.17) is 13.8 Å². The molecule has 0 rings (SSSR count). The molecule has 0 saturated heterocycles. The Bertz CT molecular complexity index is 1730. The fraction of sp³-hybridized carbons (Fsp3) is 0.672. The summed E-state index contributed by atoms with van der Waals surface area (Å²) in [4.78, 5) is 40.0. The number of nitrogens with one attached hydrogen (secondary N) is 1. The second kappa shape index (κ2) is 55.7. The van der Waals surface area contributed by atoms with Gasteiger partial charge in [0.15, 0.2) is 0 Å². The molecule has 9 nitrogen and oxygen atoms in total. The smallest absolute Gasteiger partial charge is 0.306 e. The standard InChI is InChI=1S/C67H115N2O7P/c1-7-10-13-16-19-22-25-28-30-32-33-34-35-37-38-41-44-47-50-53-56-59-66(70)68-64(63-75-77(72,73)74-62-61-69(4,5)6)65(58-55-52-49-46-43-40-27-24-21-18-15-12-9-3)76-67(71)60-57-54-51-48-45-42-39-36-31-29-26-23-20-17-14-11-8-2/h10,13,19-20,22-23,28-31,33-34,37-39,42,44,47,55,58,64-65H,7-9,11-12,14-18,21,24-27,32,35-36,40-41,43,45-46,48-54,56-57,59-63H2,1-6H3,(H-,68,70,72,73)/b13-10-,22-19-,23-20-,30-28-,31-29-,34-33-,38-37-,42-39-,47-44-,58-55-. The second-order valence-electron chi connectivity index (χ2n) is 21.5. The zero-order valence-electron chi connectivity index (χ0n) is 50.1. The molecule has 0 fully saturated rings. The van der Waals surface area contributed by atoms with E-state index >= 15 is 0 Å². The van der Waals surface area contributed by atoms with Crippen molar-refractivity contribution in [3.8, 4) is 0 Å². The minimum Gasteiger partial charge on any atom is -0.756 e. The van der Waals surface area contributed by atoms with Crippen molar-refractivity contribution in [3.05, 3.63) is 122 Å². The maximum absolute atomic E-state index is 13.5. The Labute approximate surface area is 473 Å². The summed E-state index contributed by atoms with van der Waals surface area (Å²) in [6.07, 6.45) is 77.4. The van der Waals surface area contributed by atoms with Crippen molar-refractivity contribution in [1.29, 1.82) is 0 Å². The first-order valence-corrected chi connectivity index (χ1v) is 32.3. The highest BCUT2D eigenvalue weighted by molar-refractivity contribution is 7.45. The number of phosphoric ester groups is 1. The summed E-state index contributed by atoms with van der Waals surface area (Å²) in [5.74, 6) is -0.625. The number of hydrogen-bond acceptors (Lipinski definition) is 7. The monoisotopic (exact) mass is 1090 g/mol. The number of quaternary nitrogens is 1. The van der Waals surface area contributed by atoms with Gasteiger partial charge in [-0.05, 0) is 122 Å². The van der Waals surface area contributed by atoms with Gasteiger partial charge < -0.3 is 28.5 Å². The Hall–Kier alpha value is -3.59. The van der Waals surface area contributed by atoms with E-state index in [0.29, 0.717) is 23.9 Å². The molecular weight excluding hydrogens is 976 g/mol. The predicted molar refractivity (Wildman–Crippen MR) is 330 cm³/mol. The lowest BCUT2D eigenvalue weighted by Gasteiger charge is -2.30. The number of rotatable bonds is 54. The van der Waals surface area contributed by atoms with Crippen LogP contribution in [0.4, 0.5) is 0 Å². The number of ether oxygens (including phenoxy) is 1. The van der Waals surface area contributed by atoms with E-state index in [-0.39, 0.29) is 31.3 Å². The zero-order valence-corrected chi connectivity index (χ0v) is 51.0. The highest BCUT2D eigenvalue weighted by atomic mass is 31.2. The van der Waals surface area contributed by atoms with E-state index in [1.54, 1.807) is 0 Å². The van der Waals surface area contributed by atoms with Gasteiger partial charge >= 0.3 is 5.97 Å². The maximum Gasteiger partial charge on any atom is 0.306 e. The first kappa shape index (κ1) is 73.4. The van der Waals surface area contributed by atoms with Crippen molar-refractivity contribution in [2.24, 2.45) is 0 Å². The summed E-state index contributed by atoms with van der Waals surface area (Å²) in [7, 11) is 1.12. The number of phosphoric acid groups is 1. The fourth-order valence-electron chi connectivity index (χ4n) is 8.12. The summed E-state index contributed by atoms with van der Waals surface area (Å²) in [6, 6.07) is -0.929. The minimum atomic E-state index is -4.73. The Morgan fingerprint density at radius 1 is 0.468 bits per heavy atom. The summed E-state index contributed by atoms with van der Waals surface area (Å²) < 4.78 is 30.3. The summed E-state index contributed by atoms with van der Waals surface area (Å²) in [6.45, 7) is 6.64. The number of nitrogens with zero attached hydrogens (tertiary/aromatic N) is 1. The zero-order chi connectivity index (χ0) is 56.4. The lowest BCUT2D eigenvalue weighted by molar-refractivity contribution is -0.870. The number of hydrogen-bond donors (Lipinski definition) is 1. The molecule has 3 atom stereocenters. The van der Waals surface area contributed by atoms with E-state index in [0.717, 1.165) is 109 Å². The van der Waals surface area contributed by atoms with Crippen molar-refractivity contribution in [3.63, 3.8) is 0 Å². The molecule has 0 heterocycles. The highest BCUT2D eigenvalue weighted by Gasteiger charge is 2.27. The highest BCUT2D eigenvalue weighted by Crippen LogP contribution is 2.38. The van der Waals surface area contributed by atoms with Gasteiger partial charge in [0.05, 0.1) is 33.8 Å². The van der Waals surface area contributed by atoms with E-state index in [9.17, 15) is 19.0 Å². The van der Waals surface area contributed by atoms with Crippen LogP contribution in [0.2, 0.25) is 0 Å². The van der Waals surface area contributed by atoms with Crippen molar-refractivity contribution in [2.75, 3.05) is 40.9 Å². The Kier molecular flexibility index (Phi) is 53.1. The van der Waals surface area contributed by atoms with Gasteiger partial charge in [-0.25, -0.2) is 0 Å². The lowest BCUT2D eigenvalue weighted by Crippen LogP contribution is -2.47. The summed E-state index contributed by atoms with van der Waals surface area (Å²) in [5, 5.41) is 2.99. The third-order valence-corrected chi connectivity index (χ3v) is 13.8. The molecule has 0 aliphatic heterocycles. The molecule has 1 N–H and O–H groups in total. The molecule has 0 spiro atoms. The number of carbonyl (C=O) groups excluding carboxylic acids is 2. The van der Waals surface area contributed by atoms with E-state index in [1.165, 1.54) is 83.5 Å². The average molecular weight is 1090 g/mol. The molecule has 0 aliphatic rings. The van der Waals surface area contributed by atoms with Gasteiger partial charge in [0.1, 0.15) is 19.3 Å². The van der Waals surface area contributed by atoms with Crippen LogP contribution in [0.15, 0.2) is 122 Å². The van der Waals surface area contributed by atoms with Crippen molar-refractivity contribution >= 4 is 19.7 Å². The molecule has 0 aromatic carbocycles. The van der Waals surface area contributed by atoms with Crippen LogP contribution in [0.25, 0.3) is 0 Å². The molecule has 0 bridgehead atoms. The van der Waals surface area contributed by atoms with Crippen LogP contribution in [0.3, 0.4) is 0 Å². The van der Waals surface area contributed by atoms with Gasteiger partial charge in [-0.15, -0.1) is 0 Å². The molecule has 440 valence electrons. The van der Waals surface area contributed by atoms with E-state index in [2.05, 4.69) is 135 Å². The van der Waals surface area contributed by atoms with Crippen LogP contribution in [-0.4, -0.2) is 69.4 Å². The maximum atomic E-state index is 13.5. The van der Waals surface area contributed by atoms with Crippen LogP contribution in [0.5, 0.6) is 0 Å². The van der Waals surface area contributed by atoms with Crippen LogP contribution in [0, 0.1) is 0 Å². The number of amides is 1. The molecule has 0 aromatic rings. The van der Waals surface area contributed by atoms with Crippen molar-refractivity contribution in [1.82, 2.24) is 5.32 Å². The van der Waals surface area contributed by atoms with Gasteiger partial charge in [-0.3, -0.25) is 14.2 Å². The molecule has 0 aliphatic carbocycles. The van der Waals surface area contributed by atoms with E-state index < -0.39 is 26.6 Å². The molecule has 3 unspecified atom stereocenters. The number of likely N-dealkylation sites (N-methyl/N-ethyl adjacent to an activating group) is 1. The summed E-state index contributed by atoms with van der Waals surface area (Å²) >= 11 is 0. The summed E-state index contributed by atoms with van der Waals surface area (Å²) in [5.41, 5.74) is 0. The van der Waals surface area contributed by atoms with Crippen LogP contribution < -0.4 is 10.2 Å². The van der Waals surface area contributed by atoms with Gasteiger partial charge in [0.25, 0.3) is 7.82 Å². The average Bonchev–Trinajstić information content (AvgIpc) is 3.39. The van der Waals surface area contributed by atoms with Crippen molar-refractivity contribution in [2.45, 2.75) is 251 Å². The molecular formula is C67H115N2O7P. The SMILES string of the molecule is CC/C=C\C/C=C\C/C=C\C/C=C\C/C=C\C/C=C\CCCCC(=O)NC(COP(=O)([O-])OCC[N+](C)(C)C)C(/C=C\CCCCCCCCCCCCC)OC(=O)CCCCCC/C=C\C/C=C\C/C=C\CCCCC. The molecule has 0 radical (unpaired) electrons. The van der Waals surface area contributed by atoms with Gasteiger partial charge in [-0.1, -0.05) is 226 Å². The van der Waals surface area contributed by atoms with Gasteiger partial charge in [-0.2, -0.15) is 0 Å². The molecule has 0 saturated carbocycles. The lowest BCUT2D eigenvalue weighted by atomic mass is 10.0. The number of unbranched alkanes of at least 4 members (excludes halogenated alkanes) is 20. The van der Waals surface area contributed by atoms with Crippen LogP contribution in [0.1, 0.15) is 239 Å². The Morgan fingerprint density at radius 2 is 0.831 bits per heavy atom. The third-order valence-electron chi connectivity index (χ3n) is 12.9. The number of carbonyl (C=O) groups is 2. The molecule has 0 aromatic heterocycles. The Balaban J connectivity index is 5.44. The number of allylic oxidation sites excluding steroid dienone is 19. The quantitative estimate of drug-likeness (QED) is 0.0212. The van der Waals surface area contributed by atoms with Crippen LogP contribution >= 0.6 is 7.82 Å². The topological polar surface area (TPSA) is 114 Å². The molecule has 77 heavy (non-hydrogen) atoms. The normalized spacial score (nSPS) is 14.5. The first-order valence-electron chi connectivity index (χ1n) is 30.8. The fourth-order valence-corrected chi connectivity index (χ4v) is 8.84. The van der Waals surface area contributed by atoms with Crippen molar-refractivity contribution < 1.29 is 37.3 Å². The largest absolute Gasteiger partial charge is 0.756 e. The second-order valence-corrected chi connectivity index (χ2v) is 22.9. The Morgan fingerprint density at radius 3 is 1.29 bits per heavy atom.